The van der Waals surface area contributed by atoms with Crippen LogP contribution in [0.3, 0.4) is 0 Å². The van der Waals surface area contributed by atoms with Crippen molar-refractivity contribution in [1.29, 1.82) is 0 Å². The van der Waals surface area contributed by atoms with Gasteiger partial charge in [0.1, 0.15) is 0 Å². The van der Waals surface area contributed by atoms with Crippen LogP contribution in [0.5, 0.6) is 0 Å². The molecule has 2 nitrogen and oxygen atoms in total. The van der Waals surface area contributed by atoms with Crippen molar-refractivity contribution in [3.63, 3.8) is 0 Å². The van der Waals surface area contributed by atoms with Crippen molar-refractivity contribution in [2.45, 2.75) is 54.9 Å². The zero-order chi connectivity index (χ0) is 16.1. The molecule has 0 aliphatic rings. The lowest BCUT2D eigenvalue weighted by atomic mass is 10.2. The molecule has 0 saturated heterocycles. The topological polar surface area (TPSA) is 29.1 Å². The van der Waals surface area contributed by atoms with Gasteiger partial charge >= 0.3 is 0 Å². The van der Waals surface area contributed by atoms with Gasteiger partial charge < -0.3 is 5.32 Å². The largest absolute Gasteiger partial charge is 0.362 e. The van der Waals surface area contributed by atoms with E-state index in [1.54, 1.807) is 7.05 Å². The molecule has 0 rings (SSSR count). The van der Waals surface area contributed by atoms with E-state index in [1.807, 2.05) is 13.8 Å². The summed E-state index contributed by atoms with van der Waals surface area (Å²) in [5, 5.41) is 2.25. The first-order valence-corrected chi connectivity index (χ1v) is 8.76. The Morgan fingerprint density at radius 3 is 1.63 bits per heavy atom. The van der Waals surface area contributed by atoms with Gasteiger partial charge in [0, 0.05) is 7.05 Å². The van der Waals surface area contributed by atoms with Crippen molar-refractivity contribution in [1.82, 2.24) is 5.32 Å². The maximum atomic E-state index is 9.06. The summed E-state index contributed by atoms with van der Waals surface area (Å²) in [6.45, 7) is 16.9. The van der Waals surface area contributed by atoms with E-state index in [4.69, 9.17) is 4.79 Å². The molecule has 0 aromatic rings. The first kappa shape index (κ1) is 26.8. The fraction of sp³-hybridized carbons (Fsp3) is 0.688. The van der Waals surface area contributed by atoms with Crippen molar-refractivity contribution in [2.24, 2.45) is 0 Å². The first-order valence-electron chi connectivity index (χ1n) is 7.06. The molecule has 0 bridgehead atoms. The Morgan fingerprint density at radius 2 is 1.47 bits per heavy atom. The number of hydrogen-bond donors (Lipinski definition) is 1. The van der Waals surface area contributed by atoms with E-state index < -0.39 is 0 Å². The van der Waals surface area contributed by atoms with Gasteiger partial charge in [-0.25, -0.2) is 0 Å². The minimum atomic E-state index is 0.625. The number of nitrogens with one attached hydrogen (secondary N) is 1. The highest BCUT2D eigenvalue weighted by Crippen LogP contribution is 1.99. The molecule has 0 fully saturated rings. The molecule has 1 unspecified atom stereocenters. The van der Waals surface area contributed by atoms with E-state index in [2.05, 4.69) is 58.8 Å². The molecule has 19 heavy (non-hydrogen) atoms. The predicted octanol–water partition coefficient (Wildman–Crippen LogP) is 5.01. The zero-order valence-corrected chi connectivity index (χ0v) is 15.6. The van der Waals surface area contributed by atoms with Gasteiger partial charge in [-0.2, -0.15) is 0 Å². The average Bonchev–Trinajstić information content (AvgIpc) is 2.47. The molecule has 1 amide bonds. The van der Waals surface area contributed by atoms with Crippen LogP contribution in [-0.2, 0) is 4.79 Å². The number of amides is 1. The minimum absolute atomic E-state index is 0.625. The van der Waals surface area contributed by atoms with Crippen molar-refractivity contribution in [2.75, 3.05) is 19.9 Å². The van der Waals surface area contributed by atoms with Gasteiger partial charge in [-0.05, 0) is 40.0 Å². The SMILES string of the molecule is CC.CC/C(C)=C\C=C(C)C.CCPC.CNC=O. The minimum Gasteiger partial charge on any atom is -0.362 e. The lowest BCUT2D eigenvalue weighted by Gasteiger charge is -1.89. The van der Waals surface area contributed by atoms with Gasteiger partial charge in [-0.15, -0.1) is 8.58 Å². The van der Waals surface area contributed by atoms with Crippen LogP contribution in [0, 0.1) is 0 Å². The van der Waals surface area contributed by atoms with E-state index in [9.17, 15) is 0 Å². The molecular weight excluding hydrogens is 253 g/mol. The van der Waals surface area contributed by atoms with Crippen molar-refractivity contribution < 1.29 is 4.79 Å². The summed E-state index contributed by atoms with van der Waals surface area (Å²) in [6.07, 6.45) is 7.46. The highest BCUT2D eigenvalue weighted by molar-refractivity contribution is 7.36. The Bertz CT molecular complexity index is 205. The lowest BCUT2D eigenvalue weighted by Crippen LogP contribution is -1.98. The number of hydrogen-bond acceptors (Lipinski definition) is 1. The summed E-state index contributed by atoms with van der Waals surface area (Å²) in [5.74, 6) is 0. The molecule has 0 aromatic carbocycles. The zero-order valence-electron chi connectivity index (χ0n) is 14.6. The first-order chi connectivity index (χ1) is 8.99. The monoisotopic (exact) mass is 289 g/mol. The highest BCUT2D eigenvalue weighted by atomic mass is 31.1. The van der Waals surface area contributed by atoms with Gasteiger partial charge in [0.05, 0.1) is 0 Å². The van der Waals surface area contributed by atoms with Gasteiger partial charge in [0.25, 0.3) is 0 Å². The highest BCUT2D eigenvalue weighted by Gasteiger charge is 1.78. The van der Waals surface area contributed by atoms with Crippen LogP contribution in [0.25, 0.3) is 0 Å². The molecule has 0 aliphatic heterocycles. The normalized spacial score (nSPS) is 9.00. The molecular formula is C16H36NOP. The Kier molecular flexibility index (Phi) is 43.0. The smallest absolute Gasteiger partial charge is 0.206 e. The predicted molar refractivity (Wildman–Crippen MR) is 94.7 cm³/mol. The molecule has 1 atom stereocenters. The number of rotatable bonds is 4. The third-order valence-electron chi connectivity index (χ3n) is 1.73. The summed E-state index contributed by atoms with van der Waals surface area (Å²) in [5.41, 5.74) is 2.80. The molecule has 0 radical (unpaired) electrons. The summed E-state index contributed by atoms with van der Waals surface area (Å²) in [6, 6.07) is 0. The van der Waals surface area contributed by atoms with Gasteiger partial charge in [0.2, 0.25) is 6.41 Å². The number of allylic oxidation sites excluding steroid dienone is 4. The van der Waals surface area contributed by atoms with Crippen molar-refractivity contribution in [3.8, 4) is 0 Å². The van der Waals surface area contributed by atoms with E-state index in [0.29, 0.717) is 6.41 Å². The van der Waals surface area contributed by atoms with Crippen LogP contribution in [0.1, 0.15) is 54.9 Å². The molecule has 0 aromatic heterocycles. The van der Waals surface area contributed by atoms with Gasteiger partial charge in [-0.3, -0.25) is 4.79 Å². The third-order valence-corrected chi connectivity index (χ3v) is 2.44. The second-order valence-corrected chi connectivity index (χ2v) is 5.14. The van der Waals surface area contributed by atoms with E-state index in [0.717, 1.165) is 15.0 Å². The molecule has 0 aliphatic carbocycles. The number of carbonyl (C=O) groups is 1. The molecule has 1 N–H and O–H groups in total. The summed E-state index contributed by atoms with van der Waals surface area (Å²) < 4.78 is 0. The maximum absolute atomic E-state index is 9.06. The second kappa shape index (κ2) is 30.4. The quantitative estimate of drug-likeness (QED) is 0.440. The van der Waals surface area contributed by atoms with Crippen molar-refractivity contribution in [3.05, 3.63) is 23.3 Å². The van der Waals surface area contributed by atoms with Gasteiger partial charge in [-0.1, -0.05) is 51.0 Å². The van der Waals surface area contributed by atoms with Crippen LogP contribution in [-0.4, -0.2) is 26.3 Å². The fourth-order valence-corrected chi connectivity index (χ4v) is 0.427. The van der Waals surface area contributed by atoms with Crippen LogP contribution >= 0.6 is 8.58 Å². The van der Waals surface area contributed by atoms with Crippen LogP contribution in [0.15, 0.2) is 23.3 Å². The Morgan fingerprint density at radius 1 is 1.11 bits per heavy atom. The van der Waals surface area contributed by atoms with Gasteiger partial charge in [0.15, 0.2) is 0 Å². The summed E-state index contributed by atoms with van der Waals surface area (Å²) in [7, 11) is 2.70. The van der Waals surface area contributed by atoms with Crippen LogP contribution < -0.4 is 5.32 Å². The van der Waals surface area contributed by atoms with Crippen LogP contribution in [0.2, 0.25) is 0 Å². The summed E-state index contributed by atoms with van der Waals surface area (Å²) in [4.78, 5) is 9.06. The van der Waals surface area contributed by atoms with Crippen molar-refractivity contribution >= 4 is 15.0 Å². The Labute approximate surface area is 123 Å². The Hall–Kier alpha value is -0.620. The average molecular weight is 289 g/mol. The molecule has 3 heteroatoms. The molecule has 0 saturated carbocycles. The second-order valence-electron chi connectivity index (χ2n) is 3.72. The fourth-order valence-electron chi connectivity index (χ4n) is 0.427. The standard InChI is InChI=1S/C9H16.C3H9P.C2H5NO.C2H6/c1-5-9(4)7-6-8(2)3;1-3-4-2;1-3-2-4;1-2/h6-7H,5H2,1-4H3;4H,3H2,1-2H3;2H,1H3,(H,3,4);1-2H3/b9-7-;;;. The summed E-state index contributed by atoms with van der Waals surface area (Å²) >= 11 is 0. The lowest BCUT2D eigenvalue weighted by molar-refractivity contribution is -0.109. The molecule has 0 spiro atoms. The Balaban J connectivity index is -0.0000000944. The van der Waals surface area contributed by atoms with E-state index in [1.165, 1.54) is 17.3 Å². The van der Waals surface area contributed by atoms with E-state index in [-0.39, 0.29) is 0 Å². The van der Waals surface area contributed by atoms with E-state index >= 15 is 0 Å². The third kappa shape index (κ3) is 58.5. The maximum Gasteiger partial charge on any atom is 0.206 e. The van der Waals surface area contributed by atoms with Crippen LogP contribution in [0.4, 0.5) is 0 Å². The number of carbonyl (C=O) groups excluding carboxylic acids is 1. The molecule has 116 valence electrons. The molecule has 0 heterocycles.